The molecule has 0 aliphatic heterocycles. The molecule has 0 radical (unpaired) electrons. The van der Waals surface area contributed by atoms with Crippen LogP contribution in [-0.2, 0) is 13.5 Å². The molecule has 1 N–H and O–H groups in total. The second-order valence-electron chi connectivity index (χ2n) is 4.22. The lowest BCUT2D eigenvalue weighted by Gasteiger charge is -2.13. The number of hydrogen-bond donors (Lipinski definition) is 1. The van der Waals surface area contributed by atoms with E-state index in [-0.39, 0.29) is 6.42 Å². The molecular weight excluding hydrogens is 254 g/mol. The molecule has 0 spiro atoms. The summed E-state index contributed by atoms with van der Waals surface area (Å²) in [5.41, 5.74) is 0.834. The fourth-order valence-corrected chi connectivity index (χ4v) is 2.01. The zero-order valence-corrected chi connectivity index (χ0v) is 10.6. The first-order valence-corrected chi connectivity index (χ1v) is 5.70. The number of nitrogens with zero attached hydrogens (tertiary/aromatic N) is 2. The van der Waals surface area contributed by atoms with Gasteiger partial charge in [0, 0.05) is 19.5 Å². The van der Waals surface area contributed by atoms with Crippen LogP contribution in [0.2, 0.25) is 0 Å². The Kier molecular flexibility index (Phi) is 3.80. The number of methoxy groups -OCH3 is 1. The predicted octanol–water partition coefficient (Wildman–Crippen LogP) is 1.98. The van der Waals surface area contributed by atoms with Gasteiger partial charge in [-0.05, 0) is 17.7 Å². The Labute approximate surface area is 109 Å². The van der Waals surface area contributed by atoms with Gasteiger partial charge in [0.2, 0.25) is 0 Å². The first kappa shape index (κ1) is 13.5. The van der Waals surface area contributed by atoms with E-state index in [9.17, 15) is 13.9 Å². The molecule has 1 heterocycles. The Morgan fingerprint density at radius 1 is 1.32 bits per heavy atom. The summed E-state index contributed by atoms with van der Waals surface area (Å²) in [6.45, 7) is 0. The summed E-state index contributed by atoms with van der Waals surface area (Å²) in [5, 5.41) is 14.1. The Morgan fingerprint density at radius 2 is 1.95 bits per heavy atom. The molecule has 1 aromatic carbocycles. The minimum absolute atomic E-state index is 0.0740. The van der Waals surface area contributed by atoms with E-state index in [2.05, 4.69) is 5.10 Å². The zero-order valence-electron chi connectivity index (χ0n) is 10.6. The number of ether oxygens (including phenoxy) is 1. The Balaban J connectivity index is 2.25. The minimum atomic E-state index is -0.955. The van der Waals surface area contributed by atoms with Crippen LogP contribution in [0.1, 0.15) is 17.4 Å². The molecule has 19 heavy (non-hydrogen) atoms. The van der Waals surface area contributed by atoms with Gasteiger partial charge in [-0.1, -0.05) is 0 Å². The van der Waals surface area contributed by atoms with Gasteiger partial charge in [-0.2, -0.15) is 5.10 Å². The highest BCUT2D eigenvalue weighted by Gasteiger charge is 2.19. The molecule has 0 amide bonds. The number of benzene rings is 1. The van der Waals surface area contributed by atoms with E-state index < -0.39 is 17.7 Å². The molecule has 1 unspecified atom stereocenters. The maximum absolute atomic E-state index is 13.1. The monoisotopic (exact) mass is 268 g/mol. The summed E-state index contributed by atoms with van der Waals surface area (Å²) < 4.78 is 32.7. The summed E-state index contributed by atoms with van der Waals surface area (Å²) in [5.74, 6) is -0.898. The van der Waals surface area contributed by atoms with Crippen LogP contribution in [0, 0.1) is 11.6 Å². The van der Waals surface area contributed by atoms with Crippen molar-refractivity contribution < 1.29 is 18.6 Å². The molecule has 0 fully saturated rings. The number of aryl methyl sites for hydroxylation is 1. The Hall–Kier alpha value is -1.95. The highest BCUT2D eigenvalue weighted by atomic mass is 19.1. The van der Waals surface area contributed by atoms with Gasteiger partial charge in [0.05, 0.1) is 13.3 Å². The van der Waals surface area contributed by atoms with Crippen LogP contribution in [-0.4, -0.2) is 22.0 Å². The van der Waals surface area contributed by atoms with Crippen molar-refractivity contribution in [1.82, 2.24) is 9.78 Å². The molecule has 102 valence electrons. The van der Waals surface area contributed by atoms with E-state index in [4.69, 9.17) is 4.74 Å². The third kappa shape index (κ3) is 2.90. The van der Waals surface area contributed by atoms with Gasteiger partial charge < -0.3 is 9.84 Å². The van der Waals surface area contributed by atoms with Crippen molar-refractivity contribution >= 4 is 0 Å². The summed E-state index contributed by atoms with van der Waals surface area (Å²) in [4.78, 5) is 0. The second kappa shape index (κ2) is 5.36. The van der Waals surface area contributed by atoms with Gasteiger partial charge in [-0.15, -0.1) is 0 Å². The average molecular weight is 268 g/mol. The van der Waals surface area contributed by atoms with Gasteiger partial charge in [0.25, 0.3) is 0 Å². The van der Waals surface area contributed by atoms with E-state index in [0.29, 0.717) is 17.0 Å². The standard InChI is InChI=1S/C13H14F2N2O2/c1-17-13(12(19-2)7-16-17)11(18)5-8-3-9(14)6-10(15)4-8/h3-4,6-7,11,18H,5H2,1-2H3. The smallest absolute Gasteiger partial charge is 0.162 e. The third-order valence-electron chi connectivity index (χ3n) is 2.84. The normalized spacial score (nSPS) is 12.5. The van der Waals surface area contributed by atoms with Crippen LogP contribution in [0.4, 0.5) is 8.78 Å². The first-order valence-electron chi connectivity index (χ1n) is 5.70. The molecule has 4 nitrogen and oxygen atoms in total. The lowest BCUT2D eigenvalue weighted by Crippen LogP contribution is -2.09. The molecular formula is C13H14F2N2O2. The Morgan fingerprint density at radius 3 is 2.53 bits per heavy atom. The molecule has 6 heteroatoms. The van der Waals surface area contributed by atoms with Crippen LogP contribution >= 0.6 is 0 Å². The molecule has 0 aliphatic carbocycles. The van der Waals surface area contributed by atoms with Gasteiger partial charge in [0.1, 0.15) is 23.4 Å². The van der Waals surface area contributed by atoms with Crippen molar-refractivity contribution in [1.29, 1.82) is 0 Å². The van der Waals surface area contributed by atoms with E-state index >= 15 is 0 Å². The summed E-state index contributed by atoms with van der Waals surface area (Å²) in [7, 11) is 3.13. The zero-order chi connectivity index (χ0) is 14.0. The lowest BCUT2D eigenvalue weighted by molar-refractivity contribution is 0.164. The average Bonchev–Trinajstić information content (AvgIpc) is 2.68. The number of halogens is 2. The van der Waals surface area contributed by atoms with Crippen molar-refractivity contribution in [3.63, 3.8) is 0 Å². The number of aromatic nitrogens is 2. The van der Waals surface area contributed by atoms with Crippen molar-refractivity contribution in [3.8, 4) is 5.75 Å². The van der Waals surface area contributed by atoms with Crippen LogP contribution in [0.15, 0.2) is 24.4 Å². The number of rotatable bonds is 4. The van der Waals surface area contributed by atoms with E-state index in [1.165, 1.54) is 30.1 Å². The van der Waals surface area contributed by atoms with E-state index in [0.717, 1.165) is 6.07 Å². The predicted molar refractivity (Wildman–Crippen MR) is 64.8 cm³/mol. The molecule has 1 atom stereocenters. The molecule has 0 saturated heterocycles. The minimum Gasteiger partial charge on any atom is -0.493 e. The van der Waals surface area contributed by atoms with Crippen molar-refractivity contribution in [2.75, 3.05) is 7.11 Å². The lowest BCUT2D eigenvalue weighted by atomic mass is 10.0. The SMILES string of the molecule is COc1cnn(C)c1C(O)Cc1cc(F)cc(F)c1. The molecule has 0 bridgehead atoms. The van der Waals surface area contributed by atoms with Gasteiger partial charge in [-0.25, -0.2) is 8.78 Å². The third-order valence-corrected chi connectivity index (χ3v) is 2.84. The van der Waals surface area contributed by atoms with Crippen LogP contribution in [0.5, 0.6) is 5.75 Å². The van der Waals surface area contributed by atoms with Gasteiger partial charge >= 0.3 is 0 Å². The topological polar surface area (TPSA) is 47.3 Å². The van der Waals surface area contributed by atoms with Crippen LogP contribution < -0.4 is 4.74 Å². The number of aliphatic hydroxyl groups excluding tert-OH is 1. The summed E-state index contributed by atoms with van der Waals surface area (Å²) in [6.07, 6.45) is 0.596. The second-order valence-corrected chi connectivity index (χ2v) is 4.22. The number of aliphatic hydroxyl groups is 1. The highest BCUT2D eigenvalue weighted by molar-refractivity contribution is 5.29. The van der Waals surface area contributed by atoms with Gasteiger partial charge in [-0.3, -0.25) is 4.68 Å². The summed E-state index contributed by atoms with van der Waals surface area (Å²) >= 11 is 0. The van der Waals surface area contributed by atoms with E-state index in [1.807, 2.05) is 0 Å². The fraction of sp³-hybridized carbons (Fsp3) is 0.308. The van der Waals surface area contributed by atoms with E-state index in [1.54, 1.807) is 7.05 Å². The van der Waals surface area contributed by atoms with Crippen molar-refractivity contribution in [2.24, 2.45) is 7.05 Å². The molecule has 2 aromatic rings. The molecule has 2 rings (SSSR count). The maximum atomic E-state index is 13.1. The van der Waals surface area contributed by atoms with Crippen LogP contribution in [0.3, 0.4) is 0 Å². The molecule has 0 saturated carbocycles. The molecule has 0 aliphatic rings. The fourth-order valence-electron chi connectivity index (χ4n) is 2.01. The number of hydrogen-bond acceptors (Lipinski definition) is 3. The largest absolute Gasteiger partial charge is 0.493 e. The highest BCUT2D eigenvalue weighted by Crippen LogP contribution is 2.27. The van der Waals surface area contributed by atoms with Crippen molar-refractivity contribution in [3.05, 3.63) is 47.3 Å². The maximum Gasteiger partial charge on any atom is 0.162 e. The van der Waals surface area contributed by atoms with Gasteiger partial charge in [0.15, 0.2) is 5.75 Å². The molecule has 1 aromatic heterocycles. The first-order chi connectivity index (χ1) is 9.01. The Bertz CT molecular complexity index is 564. The van der Waals surface area contributed by atoms with Crippen LogP contribution in [0.25, 0.3) is 0 Å². The quantitative estimate of drug-likeness (QED) is 0.922. The summed E-state index contributed by atoms with van der Waals surface area (Å²) in [6, 6.07) is 3.17. The van der Waals surface area contributed by atoms with Crippen molar-refractivity contribution in [2.45, 2.75) is 12.5 Å².